The van der Waals surface area contributed by atoms with Gasteiger partial charge in [0.25, 0.3) is 0 Å². The summed E-state index contributed by atoms with van der Waals surface area (Å²) in [4.78, 5) is 27.8. The van der Waals surface area contributed by atoms with E-state index in [1.54, 1.807) is 13.1 Å². The lowest BCUT2D eigenvalue weighted by atomic mass is 9.95. The fraction of sp³-hybridized carbons (Fsp3) is 0.250. The quantitative estimate of drug-likeness (QED) is 0.765. The average molecular weight is 216 g/mol. The molecular weight excluding hydrogens is 204 g/mol. The molecule has 0 spiro atoms. The first kappa shape index (κ1) is 10.5. The van der Waals surface area contributed by atoms with Crippen molar-refractivity contribution in [3.8, 4) is 0 Å². The minimum absolute atomic E-state index is 0.173. The molecule has 0 bridgehead atoms. The van der Waals surface area contributed by atoms with E-state index in [9.17, 15) is 9.59 Å². The molecule has 4 heteroatoms. The Bertz CT molecular complexity index is 530. The molecule has 0 atom stereocenters. The Morgan fingerprint density at radius 3 is 2.56 bits per heavy atom. The van der Waals surface area contributed by atoms with Crippen LogP contribution in [0.2, 0.25) is 0 Å². The van der Waals surface area contributed by atoms with Crippen molar-refractivity contribution >= 4 is 11.6 Å². The highest BCUT2D eigenvalue weighted by Crippen LogP contribution is 2.20. The highest BCUT2D eigenvalue weighted by Gasteiger charge is 2.26. The molecule has 1 N–H and O–H groups in total. The van der Waals surface area contributed by atoms with E-state index in [1.807, 2.05) is 13.8 Å². The number of hydrogen-bond donors (Lipinski definition) is 1. The van der Waals surface area contributed by atoms with Gasteiger partial charge in [-0.25, -0.2) is 4.98 Å². The van der Waals surface area contributed by atoms with Crippen molar-refractivity contribution in [2.45, 2.75) is 13.8 Å². The minimum Gasteiger partial charge on any atom is -0.385 e. The van der Waals surface area contributed by atoms with Crippen molar-refractivity contribution in [3.05, 3.63) is 40.4 Å². The van der Waals surface area contributed by atoms with Gasteiger partial charge in [-0.2, -0.15) is 0 Å². The highest BCUT2D eigenvalue weighted by molar-refractivity contribution is 6.23. The first-order valence-electron chi connectivity index (χ1n) is 5.01. The molecule has 0 amide bonds. The minimum atomic E-state index is -0.220. The second-order valence-corrected chi connectivity index (χ2v) is 3.79. The van der Waals surface area contributed by atoms with E-state index in [0.29, 0.717) is 11.3 Å². The van der Waals surface area contributed by atoms with Gasteiger partial charge in [-0.3, -0.25) is 9.59 Å². The maximum Gasteiger partial charge on any atom is 0.211 e. The van der Waals surface area contributed by atoms with Crippen LogP contribution >= 0.6 is 0 Å². The lowest BCUT2D eigenvalue weighted by molar-refractivity contribution is 0.0975. The monoisotopic (exact) mass is 216 g/mol. The van der Waals surface area contributed by atoms with Crippen molar-refractivity contribution in [2.24, 2.45) is 0 Å². The van der Waals surface area contributed by atoms with Crippen molar-refractivity contribution in [2.75, 3.05) is 7.05 Å². The number of carbonyl (C=O) groups excluding carboxylic acids is 2. The maximum absolute atomic E-state index is 11.9. The molecule has 16 heavy (non-hydrogen) atoms. The van der Waals surface area contributed by atoms with Crippen molar-refractivity contribution in [1.29, 1.82) is 0 Å². The molecule has 1 aromatic heterocycles. The van der Waals surface area contributed by atoms with Gasteiger partial charge in [0.2, 0.25) is 11.6 Å². The van der Waals surface area contributed by atoms with Crippen molar-refractivity contribution < 1.29 is 9.59 Å². The second kappa shape index (κ2) is 3.56. The Morgan fingerprint density at radius 2 is 1.94 bits per heavy atom. The van der Waals surface area contributed by atoms with Crippen LogP contribution in [0, 0.1) is 13.8 Å². The topological polar surface area (TPSA) is 59.1 Å². The van der Waals surface area contributed by atoms with Gasteiger partial charge in [0, 0.05) is 18.8 Å². The predicted molar refractivity (Wildman–Crippen MR) is 59.5 cm³/mol. The Kier molecular flexibility index (Phi) is 2.34. The molecule has 0 unspecified atom stereocenters. The molecule has 1 heterocycles. The number of rotatable bonds is 1. The first-order valence-corrected chi connectivity index (χ1v) is 5.01. The zero-order chi connectivity index (χ0) is 11.9. The van der Waals surface area contributed by atoms with Crippen LogP contribution in [-0.4, -0.2) is 23.6 Å². The number of ketones is 2. The average Bonchev–Trinajstić information content (AvgIpc) is 2.26. The summed E-state index contributed by atoms with van der Waals surface area (Å²) in [6.07, 6.45) is 1.30. The number of nitrogens with zero attached hydrogens (tertiary/aromatic N) is 1. The summed E-state index contributed by atoms with van der Waals surface area (Å²) < 4.78 is 0. The molecule has 2 rings (SSSR count). The summed E-state index contributed by atoms with van der Waals surface area (Å²) >= 11 is 0. The molecule has 0 radical (unpaired) electrons. The molecule has 1 aliphatic rings. The van der Waals surface area contributed by atoms with E-state index in [1.165, 1.54) is 6.08 Å². The Hall–Kier alpha value is -1.97. The van der Waals surface area contributed by atoms with E-state index in [-0.39, 0.29) is 17.3 Å². The molecular formula is C12H12N2O2. The van der Waals surface area contributed by atoms with Gasteiger partial charge in [-0.15, -0.1) is 0 Å². The molecule has 82 valence electrons. The first-order chi connectivity index (χ1) is 7.54. The Labute approximate surface area is 93.4 Å². The van der Waals surface area contributed by atoms with Crippen LogP contribution in [0.5, 0.6) is 0 Å². The lowest BCUT2D eigenvalue weighted by Gasteiger charge is -2.15. The van der Waals surface area contributed by atoms with Gasteiger partial charge < -0.3 is 5.32 Å². The van der Waals surface area contributed by atoms with Gasteiger partial charge in [0.15, 0.2) is 0 Å². The zero-order valence-corrected chi connectivity index (χ0v) is 9.42. The molecule has 0 saturated heterocycles. The van der Waals surface area contributed by atoms with E-state index in [4.69, 9.17) is 0 Å². The second-order valence-electron chi connectivity index (χ2n) is 3.79. The van der Waals surface area contributed by atoms with Gasteiger partial charge in [-0.1, -0.05) is 0 Å². The van der Waals surface area contributed by atoms with Crippen LogP contribution in [0.4, 0.5) is 0 Å². The zero-order valence-electron chi connectivity index (χ0n) is 9.42. The number of allylic oxidation sites excluding steroid dienone is 2. The third-order valence-electron chi connectivity index (χ3n) is 2.73. The number of aromatic nitrogens is 1. The number of Topliss-reactive ketones (excluding diaryl/α,β-unsaturated/α-hetero) is 1. The van der Waals surface area contributed by atoms with E-state index in [0.717, 1.165) is 11.3 Å². The number of hydrogen-bond acceptors (Lipinski definition) is 4. The third kappa shape index (κ3) is 1.43. The smallest absolute Gasteiger partial charge is 0.211 e. The van der Waals surface area contributed by atoms with Crippen LogP contribution in [-0.2, 0) is 0 Å². The molecule has 1 aromatic rings. The number of carbonyl (C=O) groups is 2. The van der Waals surface area contributed by atoms with Crippen molar-refractivity contribution in [1.82, 2.24) is 10.3 Å². The van der Waals surface area contributed by atoms with E-state index < -0.39 is 0 Å². The van der Waals surface area contributed by atoms with Gasteiger partial charge in [0.05, 0.1) is 11.3 Å². The number of fused-ring (bicyclic) bond motifs is 1. The molecule has 0 fully saturated rings. The molecule has 0 aromatic carbocycles. The fourth-order valence-electron chi connectivity index (χ4n) is 1.66. The van der Waals surface area contributed by atoms with Gasteiger partial charge >= 0.3 is 0 Å². The SMILES string of the molecule is CNC1=CC(=O)c2nc(C)c(C)cc2C1=O. The third-order valence-corrected chi connectivity index (χ3v) is 2.73. The maximum atomic E-state index is 11.9. The number of likely N-dealkylation sites (N-methyl/N-ethyl adjacent to an activating group) is 1. The summed E-state index contributed by atoms with van der Waals surface area (Å²) in [5.41, 5.74) is 2.66. The van der Waals surface area contributed by atoms with Gasteiger partial charge in [-0.05, 0) is 25.5 Å². The van der Waals surface area contributed by atoms with Crippen LogP contribution < -0.4 is 5.32 Å². The number of nitrogens with one attached hydrogen (secondary N) is 1. The normalized spacial score (nSPS) is 14.6. The Balaban J connectivity index is 2.66. The molecule has 0 saturated carbocycles. The number of aryl methyl sites for hydroxylation is 2. The van der Waals surface area contributed by atoms with E-state index in [2.05, 4.69) is 10.3 Å². The van der Waals surface area contributed by atoms with Crippen LogP contribution in [0.3, 0.4) is 0 Å². The number of pyridine rings is 1. The van der Waals surface area contributed by atoms with Gasteiger partial charge in [0.1, 0.15) is 5.69 Å². The predicted octanol–water partition coefficient (Wildman–Crippen LogP) is 1.18. The fourth-order valence-corrected chi connectivity index (χ4v) is 1.66. The van der Waals surface area contributed by atoms with E-state index >= 15 is 0 Å². The molecule has 4 nitrogen and oxygen atoms in total. The van der Waals surface area contributed by atoms with Crippen LogP contribution in [0.25, 0.3) is 0 Å². The summed E-state index contributed by atoms with van der Waals surface area (Å²) in [5, 5.41) is 2.72. The highest BCUT2D eigenvalue weighted by atomic mass is 16.1. The largest absolute Gasteiger partial charge is 0.385 e. The lowest BCUT2D eigenvalue weighted by Crippen LogP contribution is -2.25. The van der Waals surface area contributed by atoms with Crippen LogP contribution in [0.15, 0.2) is 17.8 Å². The standard InChI is InChI=1S/C12H12N2O2/c1-6-4-8-11(14-7(6)2)10(15)5-9(13-3)12(8)16/h4-5,13H,1-3H3. The summed E-state index contributed by atoms with van der Waals surface area (Å²) in [6.45, 7) is 3.70. The van der Waals surface area contributed by atoms with Crippen molar-refractivity contribution in [3.63, 3.8) is 0 Å². The summed E-state index contributed by atoms with van der Waals surface area (Å²) in [6, 6.07) is 1.72. The summed E-state index contributed by atoms with van der Waals surface area (Å²) in [5.74, 6) is -0.394. The molecule has 0 aliphatic heterocycles. The summed E-state index contributed by atoms with van der Waals surface area (Å²) in [7, 11) is 1.62. The molecule has 1 aliphatic carbocycles. The van der Waals surface area contributed by atoms with Crippen LogP contribution in [0.1, 0.15) is 32.1 Å². The Morgan fingerprint density at radius 1 is 1.25 bits per heavy atom.